The molecule has 0 saturated carbocycles. The Morgan fingerprint density at radius 1 is 1.18 bits per heavy atom. The van der Waals surface area contributed by atoms with E-state index in [0.717, 1.165) is 22.5 Å². The van der Waals surface area contributed by atoms with E-state index in [-0.39, 0.29) is 18.5 Å². The van der Waals surface area contributed by atoms with Crippen molar-refractivity contribution in [2.24, 2.45) is 14.1 Å². The molecule has 0 bridgehead atoms. The molecule has 7 nitrogen and oxygen atoms in total. The van der Waals surface area contributed by atoms with Gasteiger partial charge in [0.05, 0.1) is 16.2 Å². The number of aliphatic carboxylic acids is 1. The van der Waals surface area contributed by atoms with Crippen LogP contribution < -0.4 is 0 Å². The fourth-order valence-electron chi connectivity index (χ4n) is 3.84. The Bertz CT molecular complexity index is 1110. The third-order valence-corrected chi connectivity index (χ3v) is 5.51. The summed E-state index contributed by atoms with van der Waals surface area (Å²) in [5, 5.41) is 24.6. The van der Waals surface area contributed by atoms with Crippen LogP contribution in [0.25, 0.3) is 22.0 Å². The highest BCUT2D eigenvalue weighted by molar-refractivity contribution is 6.35. The van der Waals surface area contributed by atoms with E-state index < -0.39 is 11.9 Å². The van der Waals surface area contributed by atoms with Crippen molar-refractivity contribution in [2.75, 3.05) is 0 Å². The summed E-state index contributed by atoms with van der Waals surface area (Å²) in [5.74, 6) is -2.07. The first-order valence-electron chi connectivity index (χ1n) is 8.96. The van der Waals surface area contributed by atoms with Crippen LogP contribution in [0.1, 0.15) is 40.8 Å². The molecule has 0 aliphatic heterocycles. The van der Waals surface area contributed by atoms with Crippen molar-refractivity contribution in [1.29, 1.82) is 0 Å². The van der Waals surface area contributed by atoms with Crippen LogP contribution in [0.3, 0.4) is 0 Å². The molecule has 2 heterocycles. The first-order chi connectivity index (χ1) is 13.2. The van der Waals surface area contributed by atoms with Crippen LogP contribution in [0, 0.1) is 6.92 Å². The molecule has 0 atom stereocenters. The van der Waals surface area contributed by atoms with Crippen LogP contribution in [0.15, 0.2) is 12.1 Å². The quantitative estimate of drug-likeness (QED) is 0.652. The van der Waals surface area contributed by atoms with Gasteiger partial charge < -0.3 is 14.8 Å². The second-order valence-electron chi connectivity index (χ2n) is 6.79. The molecular formula is C20H22ClN3O4. The van der Waals surface area contributed by atoms with E-state index in [2.05, 4.69) is 5.10 Å². The molecule has 3 aromatic rings. The Kier molecular flexibility index (Phi) is 5.21. The molecule has 2 aromatic heterocycles. The highest BCUT2D eigenvalue weighted by Crippen LogP contribution is 2.41. The van der Waals surface area contributed by atoms with Gasteiger partial charge in [-0.3, -0.25) is 9.48 Å². The minimum Gasteiger partial charge on any atom is -0.481 e. The number of aromatic nitrogens is 3. The molecule has 28 heavy (non-hydrogen) atoms. The number of rotatable bonds is 6. The van der Waals surface area contributed by atoms with E-state index >= 15 is 0 Å². The van der Waals surface area contributed by atoms with Gasteiger partial charge in [0.25, 0.3) is 0 Å². The van der Waals surface area contributed by atoms with Gasteiger partial charge in [-0.25, -0.2) is 4.79 Å². The number of nitrogens with zero attached hydrogens (tertiary/aromatic N) is 3. The molecule has 3 rings (SSSR count). The summed E-state index contributed by atoms with van der Waals surface area (Å²) in [6.45, 7) is 3.95. The summed E-state index contributed by atoms with van der Waals surface area (Å²) >= 11 is 6.60. The van der Waals surface area contributed by atoms with Crippen LogP contribution in [0.4, 0.5) is 0 Å². The van der Waals surface area contributed by atoms with Crippen molar-refractivity contribution in [1.82, 2.24) is 14.3 Å². The largest absolute Gasteiger partial charge is 0.481 e. The van der Waals surface area contributed by atoms with Crippen LogP contribution >= 0.6 is 11.6 Å². The average molecular weight is 404 g/mol. The predicted octanol–water partition coefficient (Wildman–Crippen LogP) is 3.82. The van der Waals surface area contributed by atoms with Crippen molar-refractivity contribution in [3.63, 3.8) is 0 Å². The number of fused-ring (bicyclic) bond motifs is 1. The van der Waals surface area contributed by atoms with E-state index in [4.69, 9.17) is 16.7 Å². The Balaban J connectivity index is 2.43. The molecule has 0 aliphatic carbocycles. The Morgan fingerprint density at radius 2 is 1.86 bits per heavy atom. The molecule has 2 N–H and O–H groups in total. The maximum absolute atomic E-state index is 12.0. The molecule has 0 spiro atoms. The lowest BCUT2D eigenvalue weighted by molar-refractivity contribution is -0.136. The number of carboxylic acid groups (broad SMARTS) is 2. The first kappa shape index (κ1) is 19.9. The molecule has 8 heteroatoms. The Hall–Kier alpha value is -2.80. The van der Waals surface area contributed by atoms with Crippen molar-refractivity contribution >= 4 is 34.4 Å². The first-order valence-corrected chi connectivity index (χ1v) is 9.34. The Morgan fingerprint density at radius 3 is 2.43 bits per heavy atom. The number of carbonyl (C=O) groups is 2. The van der Waals surface area contributed by atoms with Crippen molar-refractivity contribution in [3.05, 3.63) is 39.8 Å². The van der Waals surface area contributed by atoms with Gasteiger partial charge in [-0.2, -0.15) is 5.10 Å². The smallest absolute Gasteiger partial charge is 0.352 e. The molecule has 0 aliphatic rings. The van der Waals surface area contributed by atoms with Gasteiger partial charge in [0.2, 0.25) is 0 Å². The normalized spacial score (nSPS) is 11.3. The lowest BCUT2D eigenvalue weighted by Crippen LogP contribution is -2.08. The van der Waals surface area contributed by atoms with Crippen LogP contribution in [0.5, 0.6) is 0 Å². The third-order valence-electron chi connectivity index (χ3n) is 5.19. The summed E-state index contributed by atoms with van der Waals surface area (Å²) in [5.41, 5.74) is 4.69. The topological polar surface area (TPSA) is 97.3 Å². The van der Waals surface area contributed by atoms with E-state index in [9.17, 15) is 14.7 Å². The fraction of sp³-hybridized carbons (Fsp3) is 0.350. The molecule has 0 saturated heterocycles. The van der Waals surface area contributed by atoms with Crippen LogP contribution in [-0.2, 0) is 31.7 Å². The number of halogens is 1. The van der Waals surface area contributed by atoms with Gasteiger partial charge in [0, 0.05) is 42.7 Å². The highest BCUT2D eigenvalue weighted by atomic mass is 35.5. The molecule has 148 valence electrons. The zero-order valence-electron chi connectivity index (χ0n) is 16.2. The third kappa shape index (κ3) is 3.05. The SMILES string of the molecule is CCc1nn(C)c(C)c1-c1c(Cl)ccc2c(CCC(=O)O)c(C(=O)O)n(C)c12. The number of aromatic carboxylic acids is 1. The van der Waals surface area contributed by atoms with E-state index in [1.807, 2.05) is 20.9 Å². The van der Waals surface area contributed by atoms with Crippen LogP contribution in [0.2, 0.25) is 5.02 Å². The van der Waals surface area contributed by atoms with Crippen molar-refractivity contribution in [2.45, 2.75) is 33.1 Å². The monoisotopic (exact) mass is 403 g/mol. The summed E-state index contributed by atoms with van der Waals surface area (Å²) in [6, 6.07) is 3.50. The van der Waals surface area contributed by atoms with E-state index in [1.165, 1.54) is 0 Å². The number of hydrogen-bond acceptors (Lipinski definition) is 3. The number of hydrogen-bond donors (Lipinski definition) is 2. The lowest BCUT2D eigenvalue weighted by atomic mass is 9.97. The molecule has 1 aromatic carbocycles. The molecule has 0 radical (unpaired) electrons. The summed E-state index contributed by atoms with van der Waals surface area (Å²) in [6.07, 6.45) is 0.678. The maximum atomic E-state index is 12.0. The zero-order valence-corrected chi connectivity index (χ0v) is 17.0. The Labute approximate surface area is 167 Å². The molecule has 0 fully saturated rings. The van der Waals surface area contributed by atoms with Gasteiger partial charge in [0.15, 0.2) is 0 Å². The number of aryl methyl sites for hydroxylation is 4. The van der Waals surface area contributed by atoms with Gasteiger partial charge in [-0.05, 0) is 31.4 Å². The van der Waals surface area contributed by atoms with Gasteiger partial charge in [-0.15, -0.1) is 0 Å². The highest BCUT2D eigenvalue weighted by Gasteiger charge is 2.26. The lowest BCUT2D eigenvalue weighted by Gasteiger charge is -2.11. The van der Waals surface area contributed by atoms with Crippen molar-refractivity contribution < 1.29 is 19.8 Å². The second-order valence-corrected chi connectivity index (χ2v) is 7.20. The molecular weight excluding hydrogens is 382 g/mol. The minimum atomic E-state index is -1.10. The number of benzene rings is 1. The summed E-state index contributed by atoms with van der Waals surface area (Å²) in [4.78, 5) is 23.0. The summed E-state index contributed by atoms with van der Waals surface area (Å²) in [7, 11) is 3.53. The van der Waals surface area contributed by atoms with E-state index in [1.54, 1.807) is 28.4 Å². The van der Waals surface area contributed by atoms with E-state index in [0.29, 0.717) is 27.9 Å². The molecule has 0 unspecified atom stereocenters. The van der Waals surface area contributed by atoms with Crippen LogP contribution in [-0.4, -0.2) is 36.5 Å². The molecule has 0 amide bonds. The number of carboxylic acids is 2. The standard InChI is InChI=1S/C20H22ClN3O4/c1-5-14-16(10(2)24(4)22-14)17-13(21)8-6-11-12(7-9-15(25)26)19(20(27)28)23(3)18(11)17/h6,8H,5,7,9H2,1-4H3,(H,25,26)(H,27,28). The second kappa shape index (κ2) is 7.31. The van der Waals surface area contributed by atoms with Crippen molar-refractivity contribution in [3.8, 4) is 11.1 Å². The zero-order chi connectivity index (χ0) is 20.7. The maximum Gasteiger partial charge on any atom is 0.352 e. The predicted molar refractivity (Wildman–Crippen MR) is 107 cm³/mol. The van der Waals surface area contributed by atoms with Gasteiger partial charge in [0.1, 0.15) is 5.69 Å². The van der Waals surface area contributed by atoms with Gasteiger partial charge >= 0.3 is 11.9 Å². The minimum absolute atomic E-state index is 0.0827. The summed E-state index contributed by atoms with van der Waals surface area (Å²) < 4.78 is 3.39. The fourth-order valence-corrected chi connectivity index (χ4v) is 4.09. The average Bonchev–Trinajstić information content (AvgIpc) is 3.07. The van der Waals surface area contributed by atoms with Gasteiger partial charge in [-0.1, -0.05) is 24.6 Å².